The van der Waals surface area contributed by atoms with E-state index in [9.17, 15) is 4.79 Å². The van der Waals surface area contributed by atoms with Gasteiger partial charge < -0.3 is 15.1 Å². The van der Waals surface area contributed by atoms with Crippen LogP contribution in [0, 0.1) is 0 Å². The predicted molar refractivity (Wildman–Crippen MR) is 66.1 cm³/mol. The molecular formula is C12H12N4O2. The maximum absolute atomic E-state index is 10.9. The smallest absolute Gasteiger partial charge is 0.391 e. The van der Waals surface area contributed by atoms with Gasteiger partial charge in [0.05, 0.1) is 6.04 Å². The highest BCUT2D eigenvalue weighted by atomic mass is 16.4. The second-order valence-corrected chi connectivity index (χ2v) is 4.12. The highest BCUT2D eigenvalue weighted by Crippen LogP contribution is 2.21. The monoisotopic (exact) mass is 244 g/mol. The second-order valence-electron chi connectivity index (χ2n) is 4.12. The average molecular weight is 244 g/mol. The van der Waals surface area contributed by atoms with Crippen molar-refractivity contribution in [2.45, 2.75) is 12.5 Å². The van der Waals surface area contributed by atoms with Crippen LogP contribution in [0.2, 0.25) is 0 Å². The number of hydrogen-bond donors (Lipinski definition) is 3. The molecule has 1 unspecified atom stereocenters. The van der Waals surface area contributed by atoms with E-state index in [1.807, 2.05) is 30.5 Å². The Kier molecular flexibility index (Phi) is 2.49. The molecule has 0 aliphatic carbocycles. The van der Waals surface area contributed by atoms with E-state index in [4.69, 9.17) is 10.2 Å². The fourth-order valence-electron chi connectivity index (χ4n) is 2.02. The first kappa shape index (κ1) is 10.8. The Morgan fingerprint density at radius 2 is 2.22 bits per heavy atom. The summed E-state index contributed by atoms with van der Waals surface area (Å²) < 4.78 is 4.85. The highest BCUT2D eigenvalue weighted by Gasteiger charge is 2.15. The fourth-order valence-corrected chi connectivity index (χ4v) is 2.02. The van der Waals surface area contributed by atoms with Gasteiger partial charge in [-0.15, -0.1) is 5.10 Å². The highest BCUT2D eigenvalue weighted by molar-refractivity contribution is 5.83. The number of rotatable bonds is 3. The number of nitrogens with one attached hydrogen (secondary N) is 2. The van der Waals surface area contributed by atoms with Crippen molar-refractivity contribution < 1.29 is 4.42 Å². The summed E-state index contributed by atoms with van der Waals surface area (Å²) in [5.74, 6) is -0.357. The van der Waals surface area contributed by atoms with Crippen LogP contribution in [-0.2, 0) is 6.42 Å². The number of benzene rings is 1. The van der Waals surface area contributed by atoms with E-state index in [1.165, 1.54) is 0 Å². The van der Waals surface area contributed by atoms with Crippen LogP contribution in [0.1, 0.15) is 17.5 Å². The van der Waals surface area contributed by atoms with Gasteiger partial charge in [0.25, 0.3) is 0 Å². The van der Waals surface area contributed by atoms with Gasteiger partial charge in [0.1, 0.15) is 0 Å². The Hall–Kier alpha value is -2.34. The van der Waals surface area contributed by atoms with Crippen molar-refractivity contribution >= 4 is 10.9 Å². The summed E-state index contributed by atoms with van der Waals surface area (Å²) in [4.78, 5) is 14.0. The summed E-state index contributed by atoms with van der Waals surface area (Å²) in [6, 6.07) is 7.52. The molecular weight excluding hydrogens is 232 g/mol. The van der Waals surface area contributed by atoms with Crippen LogP contribution < -0.4 is 11.5 Å². The van der Waals surface area contributed by atoms with Crippen LogP contribution >= 0.6 is 0 Å². The van der Waals surface area contributed by atoms with E-state index in [0.29, 0.717) is 6.42 Å². The minimum atomic E-state index is -0.584. The summed E-state index contributed by atoms with van der Waals surface area (Å²) >= 11 is 0. The van der Waals surface area contributed by atoms with Crippen molar-refractivity contribution in [3.8, 4) is 0 Å². The third-order valence-electron chi connectivity index (χ3n) is 2.89. The number of aromatic nitrogens is 3. The first-order chi connectivity index (χ1) is 8.74. The zero-order chi connectivity index (χ0) is 12.5. The van der Waals surface area contributed by atoms with Crippen LogP contribution in [-0.4, -0.2) is 15.2 Å². The number of hydrogen-bond acceptors (Lipinski definition) is 4. The van der Waals surface area contributed by atoms with E-state index >= 15 is 0 Å². The van der Waals surface area contributed by atoms with E-state index in [2.05, 4.69) is 15.2 Å². The van der Waals surface area contributed by atoms with Crippen LogP contribution in [0.5, 0.6) is 0 Å². The Bertz CT molecular complexity index is 725. The van der Waals surface area contributed by atoms with Crippen LogP contribution in [0.4, 0.5) is 0 Å². The molecule has 4 N–H and O–H groups in total. The molecule has 0 amide bonds. The van der Waals surface area contributed by atoms with Crippen LogP contribution in [0.3, 0.4) is 0 Å². The molecule has 18 heavy (non-hydrogen) atoms. The van der Waals surface area contributed by atoms with Crippen molar-refractivity contribution in [1.82, 2.24) is 15.2 Å². The van der Waals surface area contributed by atoms with Crippen LogP contribution in [0.15, 0.2) is 39.7 Å². The lowest BCUT2D eigenvalue weighted by molar-refractivity contribution is 0.425. The first-order valence-corrected chi connectivity index (χ1v) is 5.60. The second kappa shape index (κ2) is 4.15. The lowest BCUT2D eigenvalue weighted by atomic mass is 10.1. The zero-order valence-corrected chi connectivity index (χ0v) is 9.51. The van der Waals surface area contributed by atoms with Gasteiger partial charge in [-0.3, -0.25) is 0 Å². The maximum Gasteiger partial charge on any atom is 0.434 e. The Labute approximate surface area is 102 Å². The van der Waals surface area contributed by atoms with E-state index in [0.717, 1.165) is 16.5 Å². The molecule has 0 spiro atoms. The molecule has 0 bridgehead atoms. The van der Waals surface area contributed by atoms with Crippen molar-refractivity contribution in [3.63, 3.8) is 0 Å². The van der Waals surface area contributed by atoms with Crippen molar-refractivity contribution in [2.24, 2.45) is 5.73 Å². The molecule has 0 fully saturated rings. The van der Waals surface area contributed by atoms with Crippen molar-refractivity contribution in [3.05, 3.63) is 52.5 Å². The summed E-state index contributed by atoms with van der Waals surface area (Å²) in [6.45, 7) is 0. The number of para-hydroxylation sites is 1. The maximum atomic E-state index is 10.9. The molecule has 92 valence electrons. The van der Waals surface area contributed by atoms with E-state index in [1.54, 1.807) is 0 Å². The summed E-state index contributed by atoms with van der Waals surface area (Å²) in [5, 5.41) is 7.06. The molecule has 0 aliphatic rings. The molecule has 0 aliphatic heterocycles. The number of nitrogens with two attached hydrogens (primary N) is 1. The standard InChI is InChI=1S/C12H12N4O2/c13-9(11-15-16-12(17)18-11)5-7-6-14-10-4-2-1-3-8(7)10/h1-4,6,9,14H,5,13H2,(H,16,17). The lowest BCUT2D eigenvalue weighted by Gasteiger charge is -2.05. The van der Waals surface area contributed by atoms with Crippen molar-refractivity contribution in [2.75, 3.05) is 0 Å². The third-order valence-corrected chi connectivity index (χ3v) is 2.89. The quantitative estimate of drug-likeness (QED) is 0.641. The molecule has 3 rings (SSSR count). The largest absolute Gasteiger partial charge is 0.434 e. The molecule has 6 nitrogen and oxygen atoms in total. The van der Waals surface area contributed by atoms with Gasteiger partial charge in [0.2, 0.25) is 5.89 Å². The normalized spacial score (nSPS) is 12.9. The number of H-pyrrole nitrogens is 2. The van der Waals surface area contributed by atoms with E-state index < -0.39 is 11.8 Å². The lowest BCUT2D eigenvalue weighted by Crippen LogP contribution is -2.13. The fraction of sp³-hybridized carbons (Fsp3) is 0.167. The van der Waals surface area contributed by atoms with Gasteiger partial charge in [0, 0.05) is 17.1 Å². The van der Waals surface area contributed by atoms with Crippen LogP contribution in [0.25, 0.3) is 10.9 Å². The molecule has 6 heteroatoms. The minimum Gasteiger partial charge on any atom is -0.391 e. The number of nitrogens with zero attached hydrogens (tertiary/aromatic N) is 1. The number of fused-ring (bicyclic) bond motifs is 1. The van der Waals surface area contributed by atoms with Gasteiger partial charge in [-0.2, -0.15) is 0 Å². The van der Waals surface area contributed by atoms with Gasteiger partial charge in [-0.05, 0) is 18.1 Å². The molecule has 0 saturated heterocycles. The van der Waals surface area contributed by atoms with Gasteiger partial charge in [-0.25, -0.2) is 9.89 Å². The first-order valence-electron chi connectivity index (χ1n) is 5.60. The minimum absolute atomic E-state index is 0.227. The Morgan fingerprint density at radius 3 is 3.00 bits per heavy atom. The molecule has 2 heterocycles. The Balaban J connectivity index is 1.90. The predicted octanol–water partition coefficient (Wildman–Crippen LogP) is 1.09. The van der Waals surface area contributed by atoms with Gasteiger partial charge in [0.15, 0.2) is 0 Å². The average Bonchev–Trinajstić information content (AvgIpc) is 2.97. The summed E-state index contributed by atoms with van der Waals surface area (Å²) in [5.41, 5.74) is 8.09. The third kappa shape index (κ3) is 1.82. The summed E-state index contributed by atoms with van der Waals surface area (Å²) in [7, 11) is 0. The Morgan fingerprint density at radius 1 is 1.39 bits per heavy atom. The molecule has 2 aromatic heterocycles. The molecule has 1 atom stereocenters. The molecule has 3 aromatic rings. The zero-order valence-electron chi connectivity index (χ0n) is 9.51. The van der Waals surface area contributed by atoms with E-state index in [-0.39, 0.29) is 5.89 Å². The summed E-state index contributed by atoms with van der Waals surface area (Å²) in [6.07, 6.45) is 2.47. The van der Waals surface area contributed by atoms with Crippen molar-refractivity contribution in [1.29, 1.82) is 0 Å². The molecule has 0 radical (unpaired) electrons. The van der Waals surface area contributed by atoms with Gasteiger partial charge >= 0.3 is 5.76 Å². The topological polar surface area (TPSA) is 101 Å². The SMILES string of the molecule is NC(Cc1c[nH]c2ccccc12)c1n[nH]c(=O)o1. The molecule has 1 aromatic carbocycles. The molecule has 0 saturated carbocycles. The number of aromatic amines is 2. The van der Waals surface area contributed by atoms with Gasteiger partial charge in [-0.1, -0.05) is 18.2 Å².